The first-order valence-electron chi connectivity index (χ1n) is 12.5. The zero-order valence-corrected chi connectivity index (χ0v) is 22.0. The minimum atomic E-state index is -0.365. The van der Waals surface area contributed by atoms with Gasteiger partial charge in [-0.2, -0.15) is 0 Å². The number of aromatic nitrogens is 2. The molecule has 2 fully saturated rings. The van der Waals surface area contributed by atoms with Crippen LogP contribution in [0.3, 0.4) is 0 Å². The molecule has 1 aliphatic carbocycles. The van der Waals surface area contributed by atoms with Crippen LogP contribution in [0, 0.1) is 0 Å². The number of rotatable bonds is 6. The highest BCUT2D eigenvalue weighted by Gasteiger charge is 2.29. The summed E-state index contributed by atoms with van der Waals surface area (Å²) in [5.41, 5.74) is 2.10. The Kier molecular flexibility index (Phi) is 7.09. The molecule has 1 atom stereocenters. The molecule has 36 heavy (non-hydrogen) atoms. The van der Waals surface area contributed by atoms with E-state index in [1.54, 1.807) is 25.2 Å². The van der Waals surface area contributed by atoms with Crippen molar-refractivity contribution in [3.05, 3.63) is 41.0 Å². The van der Waals surface area contributed by atoms with Gasteiger partial charge in [-0.1, -0.05) is 12.8 Å². The molecule has 2 N–H and O–H groups in total. The minimum absolute atomic E-state index is 0.0421. The number of alkyl halides is 1. The Morgan fingerprint density at radius 1 is 1.17 bits per heavy atom. The molecule has 0 bridgehead atoms. The number of carbonyl (C=O) groups is 1. The summed E-state index contributed by atoms with van der Waals surface area (Å²) in [7, 11) is 5.56. The van der Waals surface area contributed by atoms with Gasteiger partial charge in [0, 0.05) is 45.3 Å². The number of hydrogen-bond acceptors (Lipinski definition) is 8. The number of halogens is 1. The molecule has 4 heterocycles. The van der Waals surface area contributed by atoms with Crippen LogP contribution in [0.1, 0.15) is 46.8 Å². The Labute approximate surface area is 215 Å². The average Bonchev–Trinajstić information content (AvgIpc) is 3.55. The van der Waals surface area contributed by atoms with Crippen LogP contribution < -0.4 is 15.8 Å². The summed E-state index contributed by atoms with van der Waals surface area (Å²) >= 11 is 1.52. The second-order valence-electron chi connectivity index (χ2n) is 10.0. The maximum Gasteiger partial charge on any atom is 0.263 e. The number of hydrazine groups is 1. The van der Waals surface area contributed by atoms with E-state index in [4.69, 9.17) is 5.84 Å². The third-order valence-electron chi connectivity index (χ3n) is 7.51. The van der Waals surface area contributed by atoms with Gasteiger partial charge in [-0.15, -0.1) is 11.3 Å². The van der Waals surface area contributed by atoms with E-state index in [2.05, 4.69) is 19.8 Å². The maximum absolute atomic E-state index is 13.4. The molecule has 5 rings (SSSR count). The third kappa shape index (κ3) is 4.65. The van der Waals surface area contributed by atoms with Crippen molar-refractivity contribution in [1.29, 1.82) is 0 Å². The van der Waals surface area contributed by atoms with Crippen LogP contribution in [-0.2, 0) is 0 Å². The normalized spacial score (nSPS) is 19.2. The Hall–Kier alpha value is -2.82. The summed E-state index contributed by atoms with van der Waals surface area (Å²) in [4.78, 5) is 28.9. The van der Waals surface area contributed by atoms with Crippen LogP contribution in [0.4, 0.5) is 21.7 Å². The van der Waals surface area contributed by atoms with Gasteiger partial charge in [0.25, 0.3) is 5.91 Å². The van der Waals surface area contributed by atoms with Crippen LogP contribution in [0.5, 0.6) is 0 Å². The highest BCUT2D eigenvalue weighted by atomic mass is 32.1. The van der Waals surface area contributed by atoms with E-state index in [9.17, 15) is 9.18 Å². The van der Waals surface area contributed by atoms with Crippen molar-refractivity contribution in [3.63, 3.8) is 0 Å². The minimum Gasteiger partial charge on any atom is -0.367 e. The van der Waals surface area contributed by atoms with Crippen LogP contribution in [0.25, 0.3) is 10.1 Å². The van der Waals surface area contributed by atoms with E-state index in [0.29, 0.717) is 24.1 Å². The number of amides is 1. The topological polar surface area (TPSA) is 81.8 Å². The summed E-state index contributed by atoms with van der Waals surface area (Å²) in [6, 6.07) is 5.73. The molecule has 2 aliphatic rings. The molecule has 1 saturated heterocycles. The molecule has 192 valence electrons. The lowest BCUT2D eigenvalue weighted by atomic mass is 9.94. The summed E-state index contributed by atoms with van der Waals surface area (Å²) in [6.07, 6.45) is 8.18. The summed E-state index contributed by atoms with van der Waals surface area (Å²) in [5, 5.41) is 2.55. The first-order chi connectivity index (χ1) is 17.4. The first-order valence-corrected chi connectivity index (χ1v) is 13.3. The molecule has 3 aromatic heterocycles. The van der Waals surface area contributed by atoms with E-state index in [1.807, 2.05) is 31.4 Å². The Bertz CT molecular complexity index is 1230. The van der Waals surface area contributed by atoms with Gasteiger partial charge in [0.2, 0.25) is 0 Å². The van der Waals surface area contributed by atoms with Crippen molar-refractivity contribution >= 4 is 44.7 Å². The standard InChI is InChI=1S/C26H34FN7OS/c1-31(2)26(35)25-24(17-6-4-5-7-17)20-12-23(30-15-21(20)36-25)34(28)22-9-8-18(14-29-22)33-11-10-32(3)19(13-27)16-33/h8-9,12,14-15,17,19H,4-7,10-11,13,16,28H2,1-3H3/t19-/m0/s1. The van der Waals surface area contributed by atoms with Crippen LogP contribution in [0.2, 0.25) is 0 Å². The molecular weight excluding hydrogens is 477 g/mol. The van der Waals surface area contributed by atoms with Crippen molar-refractivity contribution < 1.29 is 9.18 Å². The number of pyridine rings is 2. The smallest absolute Gasteiger partial charge is 0.263 e. The Morgan fingerprint density at radius 2 is 1.92 bits per heavy atom. The zero-order valence-electron chi connectivity index (χ0n) is 21.2. The fourth-order valence-electron chi connectivity index (χ4n) is 5.30. The molecule has 1 aliphatic heterocycles. The molecule has 0 unspecified atom stereocenters. The highest BCUT2D eigenvalue weighted by molar-refractivity contribution is 7.21. The van der Waals surface area contributed by atoms with Crippen LogP contribution in [0.15, 0.2) is 30.6 Å². The lowest BCUT2D eigenvalue weighted by molar-refractivity contribution is 0.0831. The number of nitrogens with two attached hydrogens (primary N) is 1. The number of hydrogen-bond donors (Lipinski definition) is 1. The van der Waals surface area contributed by atoms with Crippen LogP contribution >= 0.6 is 11.3 Å². The summed E-state index contributed by atoms with van der Waals surface area (Å²) in [6.45, 7) is 1.91. The van der Waals surface area contributed by atoms with Crippen molar-refractivity contribution in [1.82, 2.24) is 19.8 Å². The quantitative estimate of drug-likeness (QED) is 0.393. The molecule has 1 amide bonds. The molecule has 0 radical (unpaired) electrons. The van der Waals surface area contributed by atoms with Gasteiger partial charge in [-0.05, 0) is 49.6 Å². The largest absolute Gasteiger partial charge is 0.367 e. The van der Waals surface area contributed by atoms with Crippen LogP contribution in [-0.4, -0.2) is 79.2 Å². The van der Waals surface area contributed by atoms with Crippen molar-refractivity contribution in [2.75, 3.05) is 57.4 Å². The van der Waals surface area contributed by atoms with Crippen molar-refractivity contribution in [3.8, 4) is 0 Å². The molecule has 0 aromatic carbocycles. The van der Waals surface area contributed by atoms with Crippen molar-refractivity contribution in [2.45, 2.75) is 37.6 Å². The molecule has 0 spiro atoms. The highest BCUT2D eigenvalue weighted by Crippen LogP contribution is 2.44. The number of nitrogens with zero attached hydrogens (tertiary/aromatic N) is 6. The summed E-state index contributed by atoms with van der Waals surface area (Å²) in [5.74, 6) is 8.06. The average molecular weight is 512 g/mol. The number of thiophene rings is 1. The number of piperazine rings is 1. The van der Waals surface area contributed by atoms with Gasteiger partial charge < -0.3 is 9.80 Å². The van der Waals surface area contributed by atoms with E-state index in [1.165, 1.54) is 29.2 Å². The molecule has 3 aromatic rings. The first kappa shape index (κ1) is 24.9. The van der Waals surface area contributed by atoms with Gasteiger partial charge in [-0.25, -0.2) is 25.2 Å². The van der Waals surface area contributed by atoms with Gasteiger partial charge in [0.1, 0.15) is 18.3 Å². The van der Waals surface area contributed by atoms with Gasteiger partial charge in [-0.3, -0.25) is 9.69 Å². The number of fused-ring (bicyclic) bond motifs is 1. The lowest BCUT2D eigenvalue weighted by Gasteiger charge is -2.39. The number of carbonyl (C=O) groups excluding carboxylic acids is 1. The third-order valence-corrected chi connectivity index (χ3v) is 8.65. The van der Waals surface area contributed by atoms with E-state index < -0.39 is 0 Å². The zero-order chi connectivity index (χ0) is 25.4. The van der Waals surface area contributed by atoms with E-state index in [-0.39, 0.29) is 18.6 Å². The Morgan fingerprint density at radius 3 is 2.58 bits per heavy atom. The fourth-order valence-corrected chi connectivity index (χ4v) is 6.56. The predicted octanol–water partition coefficient (Wildman–Crippen LogP) is 4.15. The Balaban J connectivity index is 1.43. The number of likely N-dealkylation sites (N-methyl/N-ethyl adjacent to an activating group) is 1. The fraction of sp³-hybridized carbons (Fsp3) is 0.500. The van der Waals surface area contributed by atoms with Gasteiger partial charge in [0.15, 0.2) is 0 Å². The maximum atomic E-state index is 13.4. The van der Waals surface area contributed by atoms with E-state index >= 15 is 0 Å². The lowest BCUT2D eigenvalue weighted by Crippen LogP contribution is -2.52. The van der Waals surface area contributed by atoms with Gasteiger partial charge in [0.05, 0.1) is 27.5 Å². The summed E-state index contributed by atoms with van der Waals surface area (Å²) < 4.78 is 14.4. The molecule has 1 saturated carbocycles. The van der Waals surface area contributed by atoms with E-state index in [0.717, 1.165) is 52.1 Å². The SMILES string of the molecule is CN(C)C(=O)c1sc2cnc(N(N)c3ccc(N4CCN(C)[C@@H](CF)C4)cn3)cc2c1C1CCCC1. The molecular formula is C26H34FN7OS. The number of anilines is 3. The molecule has 10 heteroatoms. The van der Waals surface area contributed by atoms with Gasteiger partial charge >= 0.3 is 0 Å². The molecule has 8 nitrogen and oxygen atoms in total. The monoisotopic (exact) mass is 511 g/mol. The van der Waals surface area contributed by atoms with Crippen molar-refractivity contribution in [2.24, 2.45) is 5.84 Å². The second kappa shape index (κ2) is 10.3. The second-order valence-corrected chi connectivity index (χ2v) is 11.1. The predicted molar refractivity (Wildman–Crippen MR) is 144 cm³/mol.